The molecule has 0 atom stereocenters. The second-order valence-corrected chi connectivity index (χ2v) is 5.62. The highest BCUT2D eigenvalue weighted by Gasteiger charge is 2.12. The molecule has 0 unspecified atom stereocenters. The summed E-state index contributed by atoms with van der Waals surface area (Å²) >= 11 is 3.46. The topological polar surface area (TPSA) is 54.0 Å². The SMILES string of the molecule is CCCNc1ccncc1C(=O)Nc1ccc(C)c(Br)c1. The van der Waals surface area contributed by atoms with E-state index in [2.05, 4.69) is 38.5 Å². The maximum atomic E-state index is 12.4. The number of carbonyl (C=O) groups is 1. The van der Waals surface area contributed by atoms with Crippen molar-refractivity contribution in [1.29, 1.82) is 0 Å². The average Bonchev–Trinajstić information content (AvgIpc) is 2.49. The molecule has 0 aliphatic rings. The molecule has 0 saturated carbocycles. The molecule has 5 heteroatoms. The fourth-order valence-electron chi connectivity index (χ4n) is 1.86. The lowest BCUT2D eigenvalue weighted by Crippen LogP contribution is -2.15. The van der Waals surface area contributed by atoms with Gasteiger partial charge in [0, 0.05) is 29.1 Å². The second kappa shape index (κ2) is 7.22. The van der Waals surface area contributed by atoms with Crippen LogP contribution in [-0.2, 0) is 0 Å². The van der Waals surface area contributed by atoms with Crippen LogP contribution in [0.25, 0.3) is 0 Å². The van der Waals surface area contributed by atoms with E-state index in [0.29, 0.717) is 5.56 Å². The zero-order valence-corrected chi connectivity index (χ0v) is 13.7. The van der Waals surface area contributed by atoms with E-state index in [1.165, 1.54) is 0 Å². The molecule has 0 saturated heterocycles. The fraction of sp³-hybridized carbons (Fsp3) is 0.250. The van der Waals surface area contributed by atoms with Gasteiger partial charge in [0.25, 0.3) is 5.91 Å². The first-order valence-electron chi connectivity index (χ1n) is 6.87. The molecular formula is C16H18BrN3O. The molecule has 2 rings (SSSR count). The molecule has 0 aliphatic carbocycles. The Hall–Kier alpha value is -1.88. The monoisotopic (exact) mass is 347 g/mol. The van der Waals surface area contributed by atoms with E-state index in [1.54, 1.807) is 12.4 Å². The van der Waals surface area contributed by atoms with Gasteiger partial charge >= 0.3 is 0 Å². The van der Waals surface area contributed by atoms with Crippen LogP contribution in [0.15, 0.2) is 41.1 Å². The number of anilines is 2. The van der Waals surface area contributed by atoms with Crippen LogP contribution >= 0.6 is 15.9 Å². The minimum atomic E-state index is -0.169. The summed E-state index contributed by atoms with van der Waals surface area (Å²) in [6.45, 7) is 4.90. The molecule has 0 spiro atoms. The van der Waals surface area contributed by atoms with Crippen molar-refractivity contribution in [1.82, 2.24) is 4.98 Å². The molecule has 2 aromatic rings. The largest absolute Gasteiger partial charge is 0.384 e. The Balaban J connectivity index is 2.18. The van der Waals surface area contributed by atoms with Crippen molar-refractivity contribution in [3.05, 3.63) is 52.3 Å². The third-order valence-electron chi connectivity index (χ3n) is 3.06. The quantitative estimate of drug-likeness (QED) is 0.850. The summed E-state index contributed by atoms with van der Waals surface area (Å²) in [6.07, 6.45) is 4.25. The van der Waals surface area contributed by atoms with Gasteiger partial charge in [0.1, 0.15) is 0 Å². The van der Waals surface area contributed by atoms with E-state index in [1.807, 2.05) is 31.2 Å². The molecular weight excluding hydrogens is 330 g/mol. The lowest BCUT2D eigenvalue weighted by Gasteiger charge is -2.11. The first kappa shape index (κ1) is 15.5. The average molecular weight is 348 g/mol. The van der Waals surface area contributed by atoms with Gasteiger partial charge in [0.05, 0.1) is 11.3 Å². The third kappa shape index (κ3) is 4.04. The number of halogens is 1. The molecule has 1 amide bonds. The minimum absolute atomic E-state index is 0.169. The van der Waals surface area contributed by atoms with Gasteiger partial charge < -0.3 is 10.6 Å². The van der Waals surface area contributed by atoms with Gasteiger partial charge in [-0.05, 0) is 37.1 Å². The molecule has 4 nitrogen and oxygen atoms in total. The maximum Gasteiger partial charge on any atom is 0.259 e. The van der Waals surface area contributed by atoms with Gasteiger partial charge in [-0.3, -0.25) is 9.78 Å². The van der Waals surface area contributed by atoms with Crippen LogP contribution in [0.4, 0.5) is 11.4 Å². The van der Waals surface area contributed by atoms with Crippen LogP contribution in [0.2, 0.25) is 0 Å². The highest BCUT2D eigenvalue weighted by molar-refractivity contribution is 9.10. The van der Waals surface area contributed by atoms with Crippen LogP contribution in [0.5, 0.6) is 0 Å². The number of hydrogen-bond donors (Lipinski definition) is 2. The fourth-order valence-corrected chi connectivity index (χ4v) is 2.24. The van der Waals surface area contributed by atoms with E-state index in [4.69, 9.17) is 0 Å². The summed E-state index contributed by atoms with van der Waals surface area (Å²) in [5.41, 5.74) is 3.22. The third-order valence-corrected chi connectivity index (χ3v) is 3.92. The summed E-state index contributed by atoms with van der Waals surface area (Å²) < 4.78 is 0.968. The van der Waals surface area contributed by atoms with Gasteiger partial charge in [0.2, 0.25) is 0 Å². The van der Waals surface area contributed by atoms with Crippen LogP contribution in [0.3, 0.4) is 0 Å². The first-order valence-corrected chi connectivity index (χ1v) is 7.66. The number of aromatic nitrogens is 1. The Morgan fingerprint density at radius 2 is 2.14 bits per heavy atom. The van der Waals surface area contributed by atoms with Gasteiger partial charge in [-0.1, -0.05) is 28.9 Å². The summed E-state index contributed by atoms with van der Waals surface area (Å²) in [4.78, 5) is 16.4. The molecule has 21 heavy (non-hydrogen) atoms. The Bertz CT molecular complexity index is 643. The van der Waals surface area contributed by atoms with Crippen molar-refractivity contribution in [3.8, 4) is 0 Å². The van der Waals surface area contributed by atoms with Crippen molar-refractivity contribution in [3.63, 3.8) is 0 Å². The number of nitrogens with zero attached hydrogens (tertiary/aromatic N) is 1. The molecule has 1 heterocycles. The normalized spacial score (nSPS) is 10.2. The lowest BCUT2D eigenvalue weighted by atomic mass is 10.2. The number of pyridine rings is 1. The van der Waals surface area contributed by atoms with Gasteiger partial charge in [-0.15, -0.1) is 0 Å². The predicted octanol–water partition coefficient (Wildman–Crippen LogP) is 4.23. The number of benzene rings is 1. The van der Waals surface area contributed by atoms with Gasteiger partial charge in [-0.2, -0.15) is 0 Å². The van der Waals surface area contributed by atoms with E-state index < -0.39 is 0 Å². The zero-order valence-electron chi connectivity index (χ0n) is 12.1. The summed E-state index contributed by atoms with van der Waals surface area (Å²) in [6, 6.07) is 7.55. The number of rotatable bonds is 5. The number of nitrogens with one attached hydrogen (secondary N) is 2. The number of amides is 1. The van der Waals surface area contributed by atoms with Crippen LogP contribution in [-0.4, -0.2) is 17.4 Å². The molecule has 0 bridgehead atoms. The minimum Gasteiger partial charge on any atom is -0.384 e. The van der Waals surface area contributed by atoms with Crippen molar-refractivity contribution < 1.29 is 4.79 Å². The van der Waals surface area contributed by atoms with Crippen LogP contribution in [0, 0.1) is 6.92 Å². The standard InChI is InChI=1S/C16H18BrN3O/c1-3-7-19-15-6-8-18-10-13(15)16(21)20-12-5-4-11(2)14(17)9-12/h4-6,8-10H,3,7H2,1-2H3,(H,18,19)(H,20,21). The zero-order chi connectivity index (χ0) is 15.2. The molecule has 0 radical (unpaired) electrons. The van der Waals surface area contributed by atoms with E-state index in [0.717, 1.165) is 34.4 Å². The van der Waals surface area contributed by atoms with Gasteiger partial charge in [-0.25, -0.2) is 0 Å². The summed E-state index contributed by atoms with van der Waals surface area (Å²) in [5.74, 6) is -0.169. The highest BCUT2D eigenvalue weighted by atomic mass is 79.9. The Labute approximate surface area is 133 Å². The number of carbonyl (C=O) groups excluding carboxylic acids is 1. The van der Waals surface area contributed by atoms with Crippen molar-refractivity contribution in [2.45, 2.75) is 20.3 Å². The molecule has 0 aliphatic heterocycles. The number of aryl methyl sites for hydroxylation is 1. The lowest BCUT2D eigenvalue weighted by molar-refractivity contribution is 0.102. The summed E-state index contributed by atoms with van der Waals surface area (Å²) in [5, 5.41) is 6.13. The summed E-state index contributed by atoms with van der Waals surface area (Å²) in [7, 11) is 0. The first-order chi connectivity index (χ1) is 10.1. The predicted molar refractivity (Wildman–Crippen MR) is 89.8 cm³/mol. The number of hydrogen-bond acceptors (Lipinski definition) is 3. The Morgan fingerprint density at radius 3 is 2.86 bits per heavy atom. The highest BCUT2D eigenvalue weighted by Crippen LogP contribution is 2.22. The molecule has 110 valence electrons. The van der Waals surface area contributed by atoms with E-state index >= 15 is 0 Å². The van der Waals surface area contributed by atoms with Crippen LogP contribution < -0.4 is 10.6 Å². The van der Waals surface area contributed by atoms with Crippen molar-refractivity contribution >= 4 is 33.2 Å². The molecule has 0 fully saturated rings. The molecule has 1 aromatic carbocycles. The van der Waals surface area contributed by atoms with Crippen LogP contribution in [0.1, 0.15) is 29.3 Å². The molecule has 2 N–H and O–H groups in total. The van der Waals surface area contributed by atoms with E-state index in [-0.39, 0.29) is 5.91 Å². The van der Waals surface area contributed by atoms with E-state index in [9.17, 15) is 4.79 Å². The maximum absolute atomic E-state index is 12.4. The smallest absolute Gasteiger partial charge is 0.259 e. The Kier molecular flexibility index (Phi) is 5.33. The van der Waals surface area contributed by atoms with Gasteiger partial charge in [0.15, 0.2) is 0 Å². The van der Waals surface area contributed by atoms with Crippen molar-refractivity contribution in [2.75, 3.05) is 17.2 Å². The van der Waals surface area contributed by atoms with Crippen molar-refractivity contribution in [2.24, 2.45) is 0 Å². The second-order valence-electron chi connectivity index (χ2n) is 4.77. The Morgan fingerprint density at radius 1 is 1.33 bits per heavy atom. The molecule has 1 aromatic heterocycles.